The van der Waals surface area contributed by atoms with Crippen LogP contribution in [0.2, 0.25) is 0 Å². The maximum Gasteiger partial charge on any atom is 0.325 e. The zero-order valence-corrected chi connectivity index (χ0v) is 17.9. The molecule has 30 heavy (non-hydrogen) atoms. The highest BCUT2D eigenvalue weighted by Crippen LogP contribution is 2.38. The number of nitrogens with one attached hydrogen (secondary N) is 2. The number of hydrogen-bond acceptors (Lipinski definition) is 4. The maximum atomic E-state index is 13.2. The van der Waals surface area contributed by atoms with Gasteiger partial charge in [0.15, 0.2) is 0 Å². The highest BCUT2D eigenvalue weighted by Gasteiger charge is 2.56. The van der Waals surface area contributed by atoms with Crippen LogP contribution in [0.4, 0.5) is 16.2 Å². The van der Waals surface area contributed by atoms with Crippen LogP contribution in [-0.2, 0) is 9.59 Å². The van der Waals surface area contributed by atoms with Gasteiger partial charge in [-0.2, -0.15) is 0 Å². The molecule has 0 unspecified atom stereocenters. The first-order chi connectivity index (χ1) is 14.4. The first-order valence-electron chi connectivity index (χ1n) is 11.2. The molecule has 4 rings (SSSR count). The maximum absolute atomic E-state index is 13.2. The molecule has 1 aromatic rings. The van der Waals surface area contributed by atoms with Crippen molar-refractivity contribution < 1.29 is 14.4 Å². The standard InChI is InChI=1S/C23H32N4O3/c1-16-8-4-5-13-23(16)21(29)27(22(30)25-23)17(2)20(28)24-18-9-11-19(12-10-18)26-14-6-3-7-15-26/h9-12,16-17H,3-8,13-15H2,1-2H3,(H,24,28)(H,25,30)/t16-,17-,23-/m1/s1. The minimum absolute atomic E-state index is 0.0743. The second-order valence-electron chi connectivity index (χ2n) is 8.98. The molecule has 2 heterocycles. The molecule has 2 saturated heterocycles. The Kier molecular flexibility index (Phi) is 5.71. The topological polar surface area (TPSA) is 81.8 Å². The number of carbonyl (C=O) groups excluding carboxylic acids is 3. The molecule has 2 N–H and O–H groups in total. The summed E-state index contributed by atoms with van der Waals surface area (Å²) in [6, 6.07) is 6.45. The van der Waals surface area contributed by atoms with Crippen molar-refractivity contribution in [3.05, 3.63) is 24.3 Å². The molecule has 4 amide bonds. The summed E-state index contributed by atoms with van der Waals surface area (Å²) in [4.78, 5) is 42.1. The third-order valence-electron chi connectivity index (χ3n) is 7.07. The number of piperidine rings is 1. The van der Waals surface area contributed by atoms with Gasteiger partial charge in [-0.05, 0) is 69.2 Å². The van der Waals surface area contributed by atoms with E-state index in [1.54, 1.807) is 6.92 Å². The Morgan fingerprint density at radius 1 is 1.10 bits per heavy atom. The van der Waals surface area contributed by atoms with Crippen LogP contribution in [0, 0.1) is 5.92 Å². The first-order valence-corrected chi connectivity index (χ1v) is 11.2. The molecule has 7 heteroatoms. The monoisotopic (exact) mass is 412 g/mol. The van der Waals surface area contributed by atoms with Crippen molar-refractivity contribution >= 4 is 29.2 Å². The van der Waals surface area contributed by atoms with Gasteiger partial charge in [-0.3, -0.25) is 9.59 Å². The number of rotatable bonds is 4. The van der Waals surface area contributed by atoms with Crippen LogP contribution < -0.4 is 15.5 Å². The molecule has 3 fully saturated rings. The zero-order chi connectivity index (χ0) is 21.3. The highest BCUT2D eigenvalue weighted by atomic mass is 16.2. The number of imide groups is 1. The summed E-state index contributed by atoms with van der Waals surface area (Å²) in [6.45, 7) is 5.75. The molecule has 0 radical (unpaired) electrons. The number of nitrogens with zero attached hydrogens (tertiary/aromatic N) is 2. The van der Waals surface area contributed by atoms with Crippen molar-refractivity contribution in [3.8, 4) is 0 Å². The molecule has 3 aliphatic rings. The fourth-order valence-electron chi connectivity index (χ4n) is 5.09. The lowest BCUT2D eigenvalue weighted by Crippen LogP contribution is -2.54. The molecule has 2 aliphatic heterocycles. The van der Waals surface area contributed by atoms with E-state index in [1.807, 2.05) is 31.2 Å². The summed E-state index contributed by atoms with van der Waals surface area (Å²) >= 11 is 0. The molecule has 0 bridgehead atoms. The van der Waals surface area contributed by atoms with Crippen molar-refractivity contribution in [3.63, 3.8) is 0 Å². The number of benzene rings is 1. The van der Waals surface area contributed by atoms with Gasteiger partial charge in [-0.15, -0.1) is 0 Å². The normalized spacial score (nSPS) is 27.9. The highest BCUT2D eigenvalue weighted by molar-refractivity contribution is 6.11. The molecule has 3 atom stereocenters. The van der Waals surface area contributed by atoms with Gasteiger partial charge >= 0.3 is 6.03 Å². The van der Waals surface area contributed by atoms with Crippen LogP contribution in [0.5, 0.6) is 0 Å². The van der Waals surface area contributed by atoms with Gasteiger partial charge in [-0.1, -0.05) is 19.8 Å². The van der Waals surface area contributed by atoms with Gasteiger partial charge in [0.2, 0.25) is 5.91 Å². The number of urea groups is 1. The number of amides is 4. The van der Waals surface area contributed by atoms with E-state index in [0.717, 1.165) is 42.9 Å². The average molecular weight is 413 g/mol. The molecular weight excluding hydrogens is 380 g/mol. The van der Waals surface area contributed by atoms with E-state index in [1.165, 1.54) is 19.3 Å². The van der Waals surface area contributed by atoms with E-state index in [9.17, 15) is 14.4 Å². The largest absolute Gasteiger partial charge is 0.372 e. The molecule has 1 saturated carbocycles. The predicted molar refractivity (Wildman–Crippen MR) is 116 cm³/mol. The van der Waals surface area contributed by atoms with Crippen molar-refractivity contribution in [2.24, 2.45) is 5.92 Å². The van der Waals surface area contributed by atoms with Gasteiger partial charge in [0.05, 0.1) is 0 Å². The summed E-state index contributed by atoms with van der Waals surface area (Å²) in [5.74, 6) is -0.544. The van der Waals surface area contributed by atoms with Crippen molar-refractivity contribution in [1.82, 2.24) is 10.2 Å². The summed E-state index contributed by atoms with van der Waals surface area (Å²) in [5, 5.41) is 5.78. The van der Waals surface area contributed by atoms with E-state index in [4.69, 9.17) is 0 Å². The van der Waals surface area contributed by atoms with Crippen molar-refractivity contribution in [2.45, 2.75) is 70.4 Å². The third kappa shape index (κ3) is 3.66. The lowest BCUT2D eigenvalue weighted by atomic mass is 9.73. The second-order valence-corrected chi connectivity index (χ2v) is 8.98. The SMILES string of the molecule is C[C@H](C(=O)Nc1ccc(N2CCCCC2)cc1)N1C(=O)N[C@@]2(CCCC[C@H]2C)C1=O. The molecule has 1 spiro atoms. The zero-order valence-electron chi connectivity index (χ0n) is 17.9. The van der Waals surface area contributed by atoms with E-state index >= 15 is 0 Å². The summed E-state index contributed by atoms with van der Waals surface area (Å²) in [5.41, 5.74) is 0.975. The molecular formula is C23H32N4O3. The van der Waals surface area contributed by atoms with Gasteiger partial charge < -0.3 is 15.5 Å². The van der Waals surface area contributed by atoms with Crippen molar-refractivity contribution in [1.29, 1.82) is 0 Å². The predicted octanol–water partition coefficient (Wildman–Crippen LogP) is 3.50. The van der Waals surface area contributed by atoms with E-state index in [0.29, 0.717) is 12.1 Å². The lowest BCUT2D eigenvalue weighted by molar-refractivity contribution is -0.138. The van der Waals surface area contributed by atoms with Gasteiger partial charge in [0.1, 0.15) is 11.6 Å². The lowest BCUT2D eigenvalue weighted by Gasteiger charge is -2.37. The molecule has 7 nitrogen and oxygen atoms in total. The average Bonchev–Trinajstić information content (AvgIpc) is 3.01. The fraction of sp³-hybridized carbons (Fsp3) is 0.609. The summed E-state index contributed by atoms with van der Waals surface area (Å²) < 4.78 is 0. The minimum Gasteiger partial charge on any atom is -0.372 e. The Morgan fingerprint density at radius 2 is 1.80 bits per heavy atom. The quantitative estimate of drug-likeness (QED) is 0.742. The van der Waals surface area contributed by atoms with Crippen LogP contribution in [0.3, 0.4) is 0 Å². The van der Waals surface area contributed by atoms with E-state index in [2.05, 4.69) is 15.5 Å². The molecule has 1 aromatic carbocycles. The Balaban J connectivity index is 1.42. The molecule has 0 aromatic heterocycles. The first kappa shape index (κ1) is 20.7. The van der Waals surface area contributed by atoms with Crippen LogP contribution in [-0.4, -0.2) is 47.4 Å². The Morgan fingerprint density at radius 3 is 2.47 bits per heavy atom. The number of anilines is 2. The van der Waals surface area contributed by atoms with Crippen LogP contribution in [0.1, 0.15) is 58.8 Å². The van der Waals surface area contributed by atoms with E-state index in [-0.39, 0.29) is 17.7 Å². The summed E-state index contributed by atoms with van der Waals surface area (Å²) in [6.07, 6.45) is 7.23. The van der Waals surface area contributed by atoms with Crippen LogP contribution in [0.15, 0.2) is 24.3 Å². The van der Waals surface area contributed by atoms with Crippen LogP contribution >= 0.6 is 0 Å². The molecule has 162 valence electrons. The molecule has 1 aliphatic carbocycles. The number of carbonyl (C=O) groups is 3. The van der Waals surface area contributed by atoms with E-state index < -0.39 is 17.6 Å². The van der Waals surface area contributed by atoms with Gasteiger partial charge in [-0.25, -0.2) is 9.69 Å². The Bertz CT molecular complexity index is 818. The third-order valence-corrected chi connectivity index (χ3v) is 7.07. The van der Waals surface area contributed by atoms with Gasteiger partial charge in [0, 0.05) is 24.5 Å². The summed E-state index contributed by atoms with van der Waals surface area (Å²) in [7, 11) is 0. The Labute approximate surface area is 178 Å². The smallest absolute Gasteiger partial charge is 0.325 e. The Hall–Kier alpha value is -2.57. The second kappa shape index (κ2) is 8.28. The number of hydrogen-bond donors (Lipinski definition) is 2. The minimum atomic E-state index is -0.868. The van der Waals surface area contributed by atoms with Crippen LogP contribution in [0.25, 0.3) is 0 Å². The fourth-order valence-corrected chi connectivity index (χ4v) is 5.09. The van der Waals surface area contributed by atoms with Crippen molar-refractivity contribution in [2.75, 3.05) is 23.3 Å². The van der Waals surface area contributed by atoms with Gasteiger partial charge in [0.25, 0.3) is 5.91 Å².